The van der Waals surface area contributed by atoms with Crippen molar-refractivity contribution in [1.29, 1.82) is 0 Å². The Bertz CT molecular complexity index is 1130. The van der Waals surface area contributed by atoms with E-state index >= 15 is 0 Å². The lowest BCUT2D eigenvalue weighted by Gasteiger charge is -2.39. The van der Waals surface area contributed by atoms with Gasteiger partial charge >= 0.3 is 0 Å². The second-order valence-corrected chi connectivity index (χ2v) is 7.20. The maximum atomic E-state index is 12.2. The molecule has 3 heterocycles. The molecule has 0 aliphatic carbocycles. The van der Waals surface area contributed by atoms with E-state index in [2.05, 4.69) is 20.2 Å². The van der Waals surface area contributed by atoms with Gasteiger partial charge in [-0.2, -0.15) is 0 Å². The van der Waals surface area contributed by atoms with Crippen LogP contribution in [0.25, 0.3) is 21.9 Å². The summed E-state index contributed by atoms with van der Waals surface area (Å²) >= 11 is 0. The van der Waals surface area contributed by atoms with Crippen molar-refractivity contribution in [2.45, 2.75) is 19.0 Å². The van der Waals surface area contributed by atoms with Crippen molar-refractivity contribution in [3.05, 3.63) is 52.7 Å². The minimum absolute atomic E-state index is 0.0177. The predicted molar refractivity (Wildman–Crippen MR) is 114 cm³/mol. The van der Waals surface area contributed by atoms with Crippen LogP contribution < -0.4 is 20.3 Å². The molecule has 8 nitrogen and oxygen atoms in total. The molecule has 0 radical (unpaired) electrons. The monoisotopic (exact) mass is 408 g/mol. The Hall–Kier alpha value is -3.39. The summed E-state index contributed by atoms with van der Waals surface area (Å²) in [7, 11) is 4.88. The van der Waals surface area contributed by atoms with Crippen LogP contribution in [0.4, 0.5) is 0 Å². The van der Waals surface area contributed by atoms with Crippen LogP contribution in [-0.4, -0.2) is 54.6 Å². The van der Waals surface area contributed by atoms with E-state index in [0.29, 0.717) is 23.4 Å². The average molecular weight is 408 g/mol. The summed E-state index contributed by atoms with van der Waals surface area (Å²) in [6, 6.07) is 5.54. The Labute approximate surface area is 173 Å². The summed E-state index contributed by atoms with van der Waals surface area (Å²) < 4.78 is 11.4. The number of pyridine rings is 2. The average Bonchev–Trinajstić information content (AvgIpc) is 2.76. The second-order valence-electron chi connectivity index (χ2n) is 7.20. The van der Waals surface area contributed by atoms with Crippen molar-refractivity contribution < 1.29 is 14.3 Å². The molecule has 0 unspecified atom stereocenters. The topological polar surface area (TPSA) is 96.6 Å². The van der Waals surface area contributed by atoms with Crippen LogP contribution in [0.15, 0.2) is 41.6 Å². The smallest absolute Gasteiger partial charge is 0.257 e. The van der Waals surface area contributed by atoms with Gasteiger partial charge in [-0.15, -0.1) is 0 Å². The number of hydrogen-bond donors (Lipinski definition) is 2. The largest absolute Gasteiger partial charge is 0.496 e. The van der Waals surface area contributed by atoms with Crippen LogP contribution >= 0.6 is 0 Å². The number of likely N-dealkylation sites (tertiary alicyclic amines) is 1. The fourth-order valence-corrected chi connectivity index (χ4v) is 3.93. The Morgan fingerprint density at radius 1 is 1.27 bits per heavy atom. The molecule has 0 bridgehead atoms. The lowest BCUT2D eigenvalue weighted by atomic mass is 9.97. The predicted octanol–water partition coefficient (Wildman–Crippen LogP) is 1.93. The van der Waals surface area contributed by atoms with Crippen LogP contribution in [-0.2, 0) is 11.3 Å². The first-order valence-corrected chi connectivity index (χ1v) is 9.73. The number of fused-ring (bicyclic) bond motifs is 1. The molecule has 4 rings (SSSR count). The molecule has 1 aliphatic rings. The van der Waals surface area contributed by atoms with Gasteiger partial charge in [-0.25, -0.2) is 0 Å². The highest BCUT2D eigenvalue weighted by molar-refractivity contribution is 5.95. The molecule has 0 saturated carbocycles. The highest BCUT2D eigenvalue weighted by Crippen LogP contribution is 2.38. The van der Waals surface area contributed by atoms with Crippen LogP contribution in [0, 0.1) is 0 Å². The number of aromatic amines is 1. The fourth-order valence-electron chi connectivity index (χ4n) is 3.93. The lowest BCUT2D eigenvalue weighted by Crippen LogP contribution is -2.54. The molecular weight excluding hydrogens is 384 g/mol. The molecule has 1 aliphatic heterocycles. The highest BCUT2D eigenvalue weighted by atomic mass is 16.5. The molecule has 0 spiro atoms. The lowest BCUT2D eigenvalue weighted by molar-refractivity contribution is -0.130. The van der Waals surface area contributed by atoms with Gasteiger partial charge in [0.1, 0.15) is 11.5 Å². The minimum Gasteiger partial charge on any atom is -0.496 e. The van der Waals surface area contributed by atoms with Crippen molar-refractivity contribution in [2.75, 3.05) is 27.8 Å². The number of methoxy groups -OCH3 is 2. The van der Waals surface area contributed by atoms with Gasteiger partial charge in [0.15, 0.2) is 0 Å². The molecule has 156 valence electrons. The standard InChI is InChI=1S/C22H24N4O4/c1-23-22(28)18-5-7-26(18)12-17-19(29-2)8-13(9-20(17)30-3)15-11-25-21(27)16-10-24-6-4-14(15)16/h4,6,8-11,18H,5,7,12H2,1-3H3,(H,23,28)(H,25,27)/t18-/m1/s1. The van der Waals surface area contributed by atoms with Crippen LogP contribution in [0.2, 0.25) is 0 Å². The normalized spacial score (nSPS) is 16.2. The van der Waals surface area contributed by atoms with E-state index in [9.17, 15) is 9.59 Å². The third-order valence-electron chi connectivity index (χ3n) is 5.66. The van der Waals surface area contributed by atoms with Crippen LogP contribution in [0.5, 0.6) is 11.5 Å². The third kappa shape index (κ3) is 3.39. The van der Waals surface area contributed by atoms with E-state index in [-0.39, 0.29) is 17.5 Å². The number of likely N-dealkylation sites (N-methyl/N-ethyl adjacent to an activating group) is 1. The maximum absolute atomic E-state index is 12.2. The summed E-state index contributed by atoms with van der Waals surface area (Å²) in [6.07, 6.45) is 5.75. The molecule has 3 aromatic rings. The summed E-state index contributed by atoms with van der Waals surface area (Å²) in [5.74, 6) is 1.35. The molecule has 1 atom stereocenters. The Kier molecular flexibility index (Phi) is 5.41. The molecule has 1 aromatic carbocycles. The highest BCUT2D eigenvalue weighted by Gasteiger charge is 2.34. The number of amides is 1. The van der Waals surface area contributed by atoms with Gasteiger partial charge < -0.3 is 19.8 Å². The van der Waals surface area contributed by atoms with E-state index < -0.39 is 0 Å². The first-order chi connectivity index (χ1) is 14.6. The third-order valence-corrected chi connectivity index (χ3v) is 5.66. The van der Waals surface area contributed by atoms with Gasteiger partial charge in [0.25, 0.3) is 5.56 Å². The molecule has 1 saturated heterocycles. The van der Waals surface area contributed by atoms with E-state index in [1.807, 2.05) is 18.2 Å². The molecule has 2 aromatic heterocycles. The molecule has 8 heteroatoms. The molecule has 30 heavy (non-hydrogen) atoms. The second kappa shape index (κ2) is 8.16. The van der Waals surface area contributed by atoms with Crippen molar-refractivity contribution in [1.82, 2.24) is 20.2 Å². The van der Waals surface area contributed by atoms with Crippen LogP contribution in [0.1, 0.15) is 12.0 Å². The zero-order valence-electron chi connectivity index (χ0n) is 17.2. The number of aromatic nitrogens is 2. The summed E-state index contributed by atoms with van der Waals surface area (Å²) in [4.78, 5) is 33.1. The van der Waals surface area contributed by atoms with Crippen molar-refractivity contribution >= 4 is 16.7 Å². The van der Waals surface area contributed by atoms with Gasteiger partial charge in [0.2, 0.25) is 5.91 Å². The molecule has 1 fully saturated rings. The zero-order valence-corrected chi connectivity index (χ0v) is 17.2. The molecule has 1 amide bonds. The summed E-state index contributed by atoms with van der Waals surface area (Å²) in [5, 5.41) is 4.03. The van der Waals surface area contributed by atoms with Crippen molar-refractivity contribution in [2.24, 2.45) is 0 Å². The first-order valence-electron chi connectivity index (χ1n) is 9.73. The first kappa shape index (κ1) is 19.9. The summed E-state index contributed by atoms with van der Waals surface area (Å²) in [6.45, 7) is 1.38. The van der Waals surface area contributed by atoms with Gasteiger partial charge in [-0.3, -0.25) is 19.5 Å². The number of ether oxygens (including phenoxy) is 2. The number of carbonyl (C=O) groups is 1. The molecule has 2 N–H and O–H groups in total. The van der Waals surface area contributed by atoms with Gasteiger partial charge in [0.05, 0.1) is 31.2 Å². The summed E-state index contributed by atoms with van der Waals surface area (Å²) in [5.41, 5.74) is 2.40. The number of H-pyrrole nitrogens is 1. The number of benzene rings is 1. The Morgan fingerprint density at radius 2 is 2.00 bits per heavy atom. The quantitative estimate of drug-likeness (QED) is 0.647. The van der Waals surface area contributed by atoms with E-state index in [4.69, 9.17) is 9.47 Å². The van der Waals surface area contributed by atoms with Gasteiger partial charge in [-0.1, -0.05) is 0 Å². The SMILES string of the molecule is CNC(=O)[C@H]1CCN1Cc1c(OC)cc(-c2c[nH]c(=O)c3cnccc23)cc1OC. The fraction of sp³-hybridized carbons (Fsp3) is 0.318. The van der Waals surface area contributed by atoms with Gasteiger partial charge in [-0.05, 0) is 35.6 Å². The number of nitrogens with zero attached hydrogens (tertiary/aromatic N) is 2. The van der Waals surface area contributed by atoms with E-state index in [1.165, 1.54) is 0 Å². The Balaban J connectivity index is 1.77. The maximum Gasteiger partial charge on any atom is 0.257 e. The van der Waals surface area contributed by atoms with E-state index in [0.717, 1.165) is 35.0 Å². The van der Waals surface area contributed by atoms with Crippen LogP contribution in [0.3, 0.4) is 0 Å². The minimum atomic E-state index is -0.185. The van der Waals surface area contributed by atoms with Crippen molar-refractivity contribution in [3.8, 4) is 22.6 Å². The van der Waals surface area contributed by atoms with Gasteiger partial charge in [0, 0.05) is 44.3 Å². The van der Waals surface area contributed by atoms with Crippen molar-refractivity contribution in [3.63, 3.8) is 0 Å². The molecular formula is C22H24N4O4. The number of hydrogen-bond acceptors (Lipinski definition) is 6. The number of rotatable bonds is 6. The van der Waals surface area contributed by atoms with E-state index in [1.54, 1.807) is 39.9 Å². The Morgan fingerprint density at radius 3 is 2.60 bits per heavy atom. The zero-order chi connectivity index (χ0) is 21.3. The number of carbonyl (C=O) groups excluding carboxylic acids is 1. The number of nitrogens with one attached hydrogen (secondary N) is 2.